The molecule has 3 N–H and O–H groups in total. The van der Waals surface area contributed by atoms with E-state index in [4.69, 9.17) is 21.3 Å². The number of amides is 2. The van der Waals surface area contributed by atoms with Gasteiger partial charge in [-0.25, -0.2) is 4.98 Å². The molecule has 9 nitrogen and oxygen atoms in total. The Morgan fingerprint density at radius 1 is 1.17 bits per heavy atom. The SMILES string of the molecule is CC(C)Oc1ccc(C(=O)N[C@H](CNC(=O)CN(C)C)Cc2ccc(-c3cn4c(n3)C(C(C)O)CC=C4)cc2)cc1Cl. The number of aliphatic hydroxyl groups is 1. The van der Waals surface area contributed by atoms with Gasteiger partial charge in [0.05, 0.1) is 35.5 Å². The van der Waals surface area contributed by atoms with Crippen molar-refractivity contribution in [3.8, 4) is 17.0 Å². The zero-order valence-corrected chi connectivity index (χ0v) is 25.6. The van der Waals surface area contributed by atoms with E-state index < -0.39 is 6.10 Å². The summed E-state index contributed by atoms with van der Waals surface area (Å²) in [4.78, 5) is 32.2. The van der Waals surface area contributed by atoms with Crippen molar-refractivity contribution >= 4 is 29.6 Å². The van der Waals surface area contributed by atoms with Gasteiger partial charge in [0.15, 0.2) is 0 Å². The second-order valence-electron chi connectivity index (χ2n) is 11.3. The van der Waals surface area contributed by atoms with Crippen LogP contribution in [-0.4, -0.2) is 76.8 Å². The number of aromatic nitrogens is 2. The number of carbonyl (C=O) groups excluding carboxylic acids is 2. The van der Waals surface area contributed by atoms with E-state index in [1.807, 2.05) is 75.2 Å². The molecule has 0 fully saturated rings. The molecule has 2 heterocycles. The fourth-order valence-electron chi connectivity index (χ4n) is 4.89. The number of hydrogen-bond donors (Lipinski definition) is 3. The van der Waals surface area contributed by atoms with Crippen LogP contribution in [0.4, 0.5) is 0 Å². The normalized spacial score (nSPS) is 15.8. The average molecular weight is 594 g/mol. The lowest BCUT2D eigenvalue weighted by Crippen LogP contribution is -2.46. The molecule has 0 saturated heterocycles. The number of ether oxygens (including phenoxy) is 1. The zero-order valence-electron chi connectivity index (χ0n) is 24.8. The summed E-state index contributed by atoms with van der Waals surface area (Å²) >= 11 is 6.37. The van der Waals surface area contributed by atoms with Crippen LogP contribution in [0.1, 0.15) is 54.9 Å². The second-order valence-corrected chi connectivity index (χ2v) is 11.7. The van der Waals surface area contributed by atoms with Gasteiger partial charge in [0.2, 0.25) is 5.91 Å². The highest BCUT2D eigenvalue weighted by Gasteiger charge is 2.25. The Labute approximate surface area is 252 Å². The van der Waals surface area contributed by atoms with Crippen molar-refractivity contribution < 1.29 is 19.4 Å². The molecule has 0 spiro atoms. The van der Waals surface area contributed by atoms with Crippen LogP contribution in [0.5, 0.6) is 5.75 Å². The Hall–Kier alpha value is -3.66. The Morgan fingerprint density at radius 3 is 2.55 bits per heavy atom. The van der Waals surface area contributed by atoms with Crippen LogP contribution >= 0.6 is 11.6 Å². The van der Waals surface area contributed by atoms with Crippen molar-refractivity contribution in [1.82, 2.24) is 25.1 Å². The van der Waals surface area contributed by atoms with Gasteiger partial charge >= 0.3 is 0 Å². The number of benzene rings is 2. The predicted octanol–water partition coefficient (Wildman–Crippen LogP) is 4.35. The molecule has 42 heavy (non-hydrogen) atoms. The molecule has 2 unspecified atom stereocenters. The lowest BCUT2D eigenvalue weighted by atomic mass is 9.97. The number of likely N-dealkylation sites (N-methyl/N-ethyl adjacent to an activating group) is 1. The van der Waals surface area contributed by atoms with Gasteiger partial charge in [0, 0.05) is 36.0 Å². The van der Waals surface area contributed by atoms with Crippen LogP contribution in [0, 0.1) is 0 Å². The Balaban J connectivity index is 1.48. The molecule has 0 radical (unpaired) electrons. The first-order valence-electron chi connectivity index (χ1n) is 14.2. The Bertz CT molecular complexity index is 1410. The molecule has 3 atom stereocenters. The molecule has 1 aromatic heterocycles. The molecule has 3 aromatic rings. The molecule has 2 aromatic carbocycles. The average Bonchev–Trinajstić information content (AvgIpc) is 3.37. The standard InChI is InChI=1S/C32H40ClN5O4/c1-20(2)42-29-13-12-24(16-27(29)33)32(41)35-25(17-34-30(40)19-37(4)5)15-22-8-10-23(11-9-22)28-18-38-14-6-7-26(21(3)39)31(38)36-28/h6,8-14,16,18,20-21,25-26,39H,7,15,17,19H2,1-5H3,(H,34,40)(H,35,41)/t21?,25-,26?/m0/s1. The van der Waals surface area contributed by atoms with E-state index in [1.54, 1.807) is 30.0 Å². The topological polar surface area (TPSA) is 109 Å². The van der Waals surface area contributed by atoms with Gasteiger partial charge < -0.3 is 29.9 Å². The molecule has 10 heteroatoms. The molecule has 224 valence electrons. The third-order valence-corrected chi connectivity index (χ3v) is 7.26. The summed E-state index contributed by atoms with van der Waals surface area (Å²) in [7, 11) is 3.66. The summed E-state index contributed by atoms with van der Waals surface area (Å²) < 4.78 is 7.65. The maximum atomic E-state index is 13.2. The number of nitrogens with zero attached hydrogens (tertiary/aromatic N) is 3. The minimum Gasteiger partial charge on any atom is -0.489 e. The van der Waals surface area contributed by atoms with E-state index in [9.17, 15) is 14.7 Å². The van der Waals surface area contributed by atoms with E-state index in [2.05, 4.69) is 10.6 Å². The molecule has 0 bridgehead atoms. The number of halogens is 1. The van der Waals surface area contributed by atoms with Gasteiger partial charge in [0.1, 0.15) is 11.6 Å². The van der Waals surface area contributed by atoms with Crippen molar-refractivity contribution in [3.63, 3.8) is 0 Å². The van der Waals surface area contributed by atoms with Gasteiger partial charge in [-0.2, -0.15) is 0 Å². The zero-order chi connectivity index (χ0) is 30.4. The number of fused-ring (bicyclic) bond motifs is 1. The van der Waals surface area contributed by atoms with E-state index in [0.717, 1.165) is 29.1 Å². The Kier molecular flexibility index (Phi) is 10.4. The van der Waals surface area contributed by atoms with Crippen molar-refractivity contribution in [2.45, 2.75) is 57.8 Å². The smallest absolute Gasteiger partial charge is 0.251 e. The first kappa shape index (κ1) is 31.3. The van der Waals surface area contributed by atoms with Crippen LogP contribution in [0.25, 0.3) is 17.5 Å². The predicted molar refractivity (Wildman–Crippen MR) is 166 cm³/mol. The molecule has 0 saturated carbocycles. The molecule has 1 aliphatic rings. The second kappa shape index (κ2) is 14.0. The highest BCUT2D eigenvalue weighted by molar-refractivity contribution is 6.32. The van der Waals surface area contributed by atoms with Crippen LogP contribution in [-0.2, 0) is 11.2 Å². The van der Waals surface area contributed by atoms with E-state index >= 15 is 0 Å². The van der Waals surface area contributed by atoms with Crippen molar-refractivity contribution in [1.29, 1.82) is 0 Å². The van der Waals surface area contributed by atoms with Crippen molar-refractivity contribution in [2.24, 2.45) is 0 Å². The number of imidazole rings is 1. The maximum absolute atomic E-state index is 13.2. The number of hydrogen-bond acceptors (Lipinski definition) is 6. The fourth-order valence-corrected chi connectivity index (χ4v) is 5.12. The minimum absolute atomic E-state index is 0.0380. The molecule has 2 amide bonds. The van der Waals surface area contributed by atoms with Crippen LogP contribution in [0.3, 0.4) is 0 Å². The number of allylic oxidation sites excluding steroid dienone is 1. The van der Waals surface area contributed by atoms with Crippen molar-refractivity contribution in [3.05, 3.63) is 76.7 Å². The van der Waals surface area contributed by atoms with Crippen LogP contribution < -0.4 is 15.4 Å². The largest absolute Gasteiger partial charge is 0.489 e. The number of rotatable bonds is 12. The summed E-state index contributed by atoms with van der Waals surface area (Å²) in [6, 6.07) is 12.6. The Morgan fingerprint density at radius 2 is 1.90 bits per heavy atom. The van der Waals surface area contributed by atoms with Crippen molar-refractivity contribution in [2.75, 3.05) is 27.2 Å². The summed E-state index contributed by atoms with van der Waals surface area (Å²) in [6.07, 6.45) is 6.74. The molecular weight excluding hydrogens is 554 g/mol. The number of nitrogens with one attached hydrogen (secondary N) is 2. The van der Waals surface area contributed by atoms with E-state index in [0.29, 0.717) is 22.8 Å². The van der Waals surface area contributed by atoms with Gasteiger partial charge in [-0.05, 0) is 71.5 Å². The van der Waals surface area contributed by atoms with Crippen LogP contribution in [0.15, 0.2) is 54.7 Å². The minimum atomic E-state index is -0.487. The first-order valence-corrected chi connectivity index (χ1v) is 14.6. The first-order chi connectivity index (χ1) is 20.0. The fraction of sp³-hybridized carbons (Fsp3) is 0.406. The monoisotopic (exact) mass is 593 g/mol. The molecular formula is C32H40ClN5O4. The van der Waals surface area contributed by atoms with Gasteiger partial charge in [-0.1, -0.05) is 41.9 Å². The molecule has 4 rings (SSSR count). The van der Waals surface area contributed by atoms with E-state index in [1.165, 1.54) is 0 Å². The van der Waals surface area contributed by atoms with Crippen LogP contribution in [0.2, 0.25) is 5.02 Å². The lowest BCUT2D eigenvalue weighted by Gasteiger charge is -2.21. The third kappa shape index (κ3) is 8.21. The summed E-state index contributed by atoms with van der Waals surface area (Å²) in [5, 5.41) is 16.5. The van der Waals surface area contributed by atoms with Gasteiger partial charge in [-0.15, -0.1) is 0 Å². The third-order valence-electron chi connectivity index (χ3n) is 6.96. The molecule has 0 aliphatic carbocycles. The summed E-state index contributed by atoms with van der Waals surface area (Å²) in [5.74, 6) is 0.921. The highest BCUT2D eigenvalue weighted by Crippen LogP contribution is 2.31. The quantitative estimate of drug-likeness (QED) is 0.288. The number of aliphatic hydroxyl groups excluding tert-OH is 1. The maximum Gasteiger partial charge on any atom is 0.251 e. The lowest BCUT2D eigenvalue weighted by molar-refractivity contribution is -0.121. The van der Waals surface area contributed by atoms with Gasteiger partial charge in [0.25, 0.3) is 5.91 Å². The summed E-state index contributed by atoms with van der Waals surface area (Å²) in [5.41, 5.74) is 3.19. The molecule has 1 aliphatic heterocycles. The number of carbonyl (C=O) groups is 2. The van der Waals surface area contributed by atoms with E-state index in [-0.39, 0.29) is 43.0 Å². The summed E-state index contributed by atoms with van der Waals surface area (Å²) in [6.45, 7) is 6.13. The van der Waals surface area contributed by atoms with Gasteiger partial charge in [-0.3, -0.25) is 9.59 Å². The highest BCUT2D eigenvalue weighted by atomic mass is 35.5.